The molecule has 6 rings (SSSR count). The van der Waals surface area contributed by atoms with Crippen LogP contribution < -0.4 is 10.0 Å². The number of ether oxygens (including phenoxy) is 3. The number of carbonyl (C=O) groups excluding carboxylic acids is 1. The average molecular weight is 700 g/mol. The third-order valence-corrected chi connectivity index (χ3v) is 10.8. The minimum Gasteiger partial charge on any atom is -0.392 e. The molecule has 1 amide bonds. The van der Waals surface area contributed by atoms with Gasteiger partial charge in [-0.2, -0.15) is 4.72 Å². The lowest BCUT2D eigenvalue weighted by Gasteiger charge is -2.43. The summed E-state index contributed by atoms with van der Waals surface area (Å²) in [5.41, 5.74) is 4.77. The second kappa shape index (κ2) is 16.4. The van der Waals surface area contributed by atoms with E-state index in [2.05, 4.69) is 21.9 Å². The van der Waals surface area contributed by atoms with Crippen LogP contribution in [0.3, 0.4) is 0 Å². The Balaban J connectivity index is 1.23. The predicted octanol–water partition coefficient (Wildman–Crippen LogP) is 5.14. The zero-order valence-electron chi connectivity index (χ0n) is 28.4. The molecule has 0 unspecified atom stereocenters. The molecule has 0 aromatic heterocycles. The second-order valence-electron chi connectivity index (χ2n) is 13.0. The van der Waals surface area contributed by atoms with Crippen LogP contribution >= 0.6 is 0 Å². The van der Waals surface area contributed by atoms with Crippen LogP contribution in [0.15, 0.2) is 108 Å². The molecule has 0 saturated carbocycles. The van der Waals surface area contributed by atoms with Crippen molar-refractivity contribution in [3.63, 3.8) is 0 Å². The molecule has 264 valence electrons. The molecular weight excluding hydrogens is 655 g/mol. The maximum atomic E-state index is 13.8. The quantitative estimate of drug-likeness (QED) is 0.186. The number of amides is 1. The van der Waals surface area contributed by atoms with E-state index >= 15 is 0 Å². The van der Waals surface area contributed by atoms with Crippen LogP contribution in [0, 0.1) is 12.8 Å². The van der Waals surface area contributed by atoms with Crippen molar-refractivity contribution in [2.45, 2.75) is 56.3 Å². The van der Waals surface area contributed by atoms with Crippen LogP contribution in [0.4, 0.5) is 5.69 Å². The number of carbonyl (C=O) groups is 1. The monoisotopic (exact) mass is 699 g/mol. The minimum atomic E-state index is -4.00. The molecule has 2 aliphatic heterocycles. The summed E-state index contributed by atoms with van der Waals surface area (Å²) in [6, 6.07) is 29.8. The van der Waals surface area contributed by atoms with Crippen molar-refractivity contribution in [1.29, 1.82) is 0 Å². The Hall–Kier alpha value is -3.94. The lowest BCUT2D eigenvalue weighted by atomic mass is 9.90. The van der Waals surface area contributed by atoms with Crippen LogP contribution in [-0.2, 0) is 42.1 Å². The number of aryl methyl sites for hydroxylation is 1. The van der Waals surface area contributed by atoms with E-state index in [4.69, 9.17) is 14.2 Å². The fraction of sp³-hybridized carbons (Fsp3) is 0.359. The minimum absolute atomic E-state index is 0.0252. The maximum absolute atomic E-state index is 13.8. The molecule has 0 aliphatic carbocycles. The number of hydrogen-bond acceptors (Lipinski definition) is 8. The number of aliphatic hydroxyl groups is 1. The number of nitrogens with one attached hydrogen (secondary N) is 2. The first-order valence-electron chi connectivity index (χ1n) is 17.0. The fourth-order valence-electron chi connectivity index (χ4n) is 6.37. The summed E-state index contributed by atoms with van der Waals surface area (Å²) >= 11 is 0. The average Bonchev–Trinajstić information content (AvgIpc) is 3.13. The molecule has 2 saturated heterocycles. The van der Waals surface area contributed by atoms with Gasteiger partial charge in [-0.15, -0.1) is 0 Å². The molecule has 0 radical (unpaired) electrons. The van der Waals surface area contributed by atoms with Gasteiger partial charge in [-0.1, -0.05) is 91.3 Å². The number of benzene rings is 4. The van der Waals surface area contributed by atoms with Crippen molar-refractivity contribution in [3.8, 4) is 0 Å². The highest BCUT2D eigenvalue weighted by Gasteiger charge is 2.39. The standard InChI is InChI=1S/C39H45N3O7S/c1-27-11-17-34(18-12-27)50(45,46)41-35(23-29-7-4-3-5-8-29)38(44)40-33-10-6-9-32(24-33)39-48-36(25-42-19-21-47-22-20-42)28(2)37(49-39)31-15-13-30(26-43)14-16-31/h3-18,24,28,35-37,39,41,43H,19-23,25-26H2,1-2H3,(H,40,44)/t28-,35-,36+,37+,39+/m1/s1. The number of rotatable bonds is 12. The van der Waals surface area contributed by atoms with Crippen molar-refractivity contribution in [2.75, 3.05) is 38.2 Å². The number of anilines is 1. The molecule has 2 heterocycles. The van der Waals surface area contributed by atoms with E-state index in [9.17, 15) is 18.3 Å². The van der Waals surface area contributed by atoms with Gasteiger partial charge in [0.25, 0.3) is 0 Å². The molecule has 0 bridgehead atoms. The van der Waals surface area contributed by atoms with Gasteiger partial charge in [-0.25, -0.2) is 8.42 Å². The summed E-state index contributed by atoms with van der Waals surface area (Å²) in [6.45, 7) is 7.71. The zero-order valence-corrected chi connectivity index (χ0v) is 29.2. The van der Waals surface area contributed by atoms with Gasteiger partial charge >= 0.3 is 0 Å². The lowest BCUT2D eigenvalue weighted by Crippen LogP contribution is -2.47. The van der Waals surface area contributed by atoms with Gasteiger partial charge in [0.2, 0.25) is 15.9 Å². The molecule has 0 spiro atoms. The van der Waals surface area contributed by atoms with E-state index in [1.165, 1.54) is 12.1 Å². The summed E-state index contributed by atoms with van der Waals surface area (Å²) < 4.78 is 48.3. The number of nitrogens with zero attached hydrogens (tertiary/aromatic N) is 1. The van der Waals surface area contributed by atoms with E-state index in [0.717, 1.165) is 40.9 Å². The maximum Gasteiger partial charge on any atom is 0.242 e. The van der Waals surface area contributed by atoms with Crippen molar-refractivity contribution in [3.05, 3.63) is 131 Å². The molecule has 3 N–H and O–H groups in total. The molecule has 4 aromatic carbocycles. The summed E-state index contributed by atoms with van der Waals surface area (Å²) in [7, 11) is -4.00. The van der Waals surface area contributed by atoms with Crippen molar-refractivity contribution in [1.82, 2.24) is 9.62 Å². The highest BCUT2D eigenvalue weighted by Crippen LogP contribution is 2.42. The molecule has 50 heavy (non-hydrogen) atoms. The van der Waals surface area contributed by atoms with Gasteiger partial charge in [0.15, 0.2) is 6.29 Å². The fourth-order valence-corrected chi connectivity index (χ4v) is 7.56. The number of sulfonamides is 1. The predicted molar refractivity (Wildman–Crippen MR) is 191 cm³/mol. The van der Waals surface area contributed by atoms with Gasteiger partial charge in [0.1, 0.15) is 6.04 Å². The summed E-state index contributed by atoms with van der Waals surface area (Å²) in [5, 5.41) is 12.5. The Bertz CT molecular complexity index is 1810. The Morgan fingerprint density at radius 3 is 2.30 bits per heavy atom. The SMILES string of the molecule is Cc1ccc(S(=O)(=O)N[C@H](Cc2ccccc2)C(=O)Nc2cccc([C@H]3O[C@@H](CN4CCOCC4)[C@@H](C)[C@@H](c4ccc(CO)cc4)O3)c2)cc1. The molecule has 2 aliphatic rings. The Labute approximate surface area is 294 Å². The lowest BCUT2D eigenvalue weighted by molar-refractivity contribution is -0.277. The number of hydrogen-bond donors (Lipinski definition) is 3. The van der Waals surface area contributed by atoms with Gasteiger partial charge in [0.05, 0.1) is 36.9 Å². The van der Waals surface area contributed by atoms with Gasteiger partial charge in [-0.05, 0) is 54.3 Å². The first-order chi connectivity index (χ1) is 24.2. The van der Waals surface area contributed by atoms with Gasteiger partial charge < -0.3 is 24.6 Å². The van der Waals surface area contributed by atoms with Gasteiger partial charge in [0, 0.05) is 36.8 Å². The van der Waals surface area contributed by atoms with Crippen LogP contribution in [0.2, 0.25) is 0 Å². The topological polar surface area (TPSA) is 126 Å². The van der Waals surface area contributed by atoms with E-state index in [-0.39, 0.29) is 36.0 Å². The molecule has 11 heteroatoms. The molecule has 10 nitrogen and oxygen atoms in total. The summed E-state index contributed by atoms with van der Waals surface area (Å²) in [4.78, 5) is 16.3. The first kappa shape index (κ1) is 35.9. The highest BCUT2D eigenvalue weighted by atomic mass is 32.2. The van der Waals surface area contributed by atoms with E-state index in [1.54, 1.807) is 18.2 Å². The summed E-state index contributed by atoms with van der Waals surface area (Å²) in [6.07, 6.45) is -1.00. The molecule has 4 aromatic rings. The van der Waals surface area contributed by atoms with Crippen molar-refractivity contribution >= 4 is 21.6 Å². The van der Waals surface area contributed by atoms with Crippen LogP contribution in [-0.4, -0.2) is 69.3 Å². The van der Waals surface area contributed by atoms with Crippen molar-refractivity contribution in [2.24, 2.45) is 5.92 Å². The van der Waals surface area contributed by atoms with E-state index in [1.807, 2.05) is 79.7 Å². The number of aliphatic hydroxyl groups excluding tert-OH is 1. The normalized spacial score (nSPS) is 22.1. The zero-order chi connectivity index (χ0) is 35.1. The van der Waals surface area contributed by atoms with Gasteiger partial charge in [-0.3, -0.25) is 9.69 Å². The Kier molecular flexibility index (Phi) is 11.8. The highest BCUT2D eigenvalue weighted by molar-refractivity contribution is 7.89. The Morgan fingerprint density at radius 1 is 0.880 bits per heavy atom. The van der Waals surface area contributed by atoms with E-state index in [0.29, 0.717) is 25.4 Å². The van der Waals surface area contributed by atoms with Crippen LogP contribution in [0.1, 0.15) is 47.1 Å². The Morgan fingerprint density at radius 2 is 1.60 bits per heavy atom. The third-order valence-electron chi connectivity index (χ3n) is 9.32. The van der Waals surface area contributed by atoms with E-state index < -0.39 is 28.3 Å². The molecule has 5 atom stereocenters. The largest absolute Gasteiger partial charge is 0.392 e. The second-order valence-corrected chi connectivity index (χ2v) is 14.7. The number of morpholine rings is 1. The third kappa shape index (κ3) is 9.04. The molecule has 2 fully saturated rings. The molecular formula is C39H45N3O7S. The summed E-state index contributed by atoms with van der Waals surface area (Å²) in [5.74, 6) is -0.468. The smallest absolute Gasteiger partial charge is 0.242 e. The van der Waals surface area contributed by atoms with Crippen molar-refractivity contribution < 1.29 is 32.5 Å². The van der Waals surface area contributed by atoms with Crippen LogP contribution in [0.5, 0.6) is 0 Å². The first-order valence-corrected chi connectivity index (χ1v) is 18.5. The van der Waals surface area contributed by atoms with Crippen LogP contribution in [0.25, 0.3) is 0 Å².